The number of carboxylic acid groups (broad SMARTS) is 1. The van der Waals surface area contributed by atoms with Crippen LogP contribution in [0.3, 0.4) is 0 Å². The molecule has 9 heteroatoms. The molecule has 1 rings (SSSR count). The van der Waals surface area contributed by atoms with Gasteiger partial charge in [0.25, 0.3) is 0 Å². The average Bonchev–Trinajstić information content (AvgIpc) is 2.36. The minimum atomic E-state index is -4.64. The maximum absolute atomic E-state index is 12.4. The lowest BCUT2D eigenvalue weighted by atomic mass is 10.0. The minimum Gasteiger partial charge on any atom is -0.480 e. The van der Waals surface area contributed by atoms with Crippen molar-refractivity contribution in [2.45, 2.75) is 19.0 Å². The number of amides is 2. The molecule has 1 unspecified atom stereocenters. The number of hydrogen-bond acceptors (Lipinski definition) is 3. The summed E-state index contributed by atoms with van der Waals surface area (Å²) in [5.74, 6) is -1.42. The highest BCUT2D eigenvalue weighted by molar-refractivity contribution is 5.80. The van der Waals surface area contributed by atoms with Crippen molar-refractivity contribution in [3.63, 3.8) is 0 Å². The van der Waals surface area contributed by atoms with E-state index in [4.69, 9.17) is 9.84 Å². The first-order valence-corrected chi connectivity index (χ1v) is 6.55. The summed E-state index contributed by atoms with van der Waals surface area (Å²) in [6, 6.07) is -0.944. The highest BCUT2D eigenvalue weighted by atomic mass is 19.4. The van der Waals surface area contributed by atoms with Crippen LogP contribution in [0.2, 0.25) is 0 Å². The van der Waals surface area contributed by atoms with Gasteiger partial charge in [0, 0.05) is 26.1 Å². The van der Waals surface area contributed by atoms with E-state index in [1.165, 1.54) is 7.05 Å². The largest absolute Gasteiger partial charge is 0.480 e. The van der Waals surface area contributed by atoms with Crippen LogP contribution < -0.4 is 0 Å². The van der Waals surface area contributed by atoms with Crippen molar-refractivity contribution in [1.29, 1.82) is 0 Å². The molecule has 1 heterocycles. The molecule has 1 fully saturated rings. The maximum atomic E-state index is 12.4. The zero-order valence-electron chi connectivity index (χ0n) is 11.7. The maximum Gasteiger partial charge on any atom is 0.406 e. The normalized spacial score (nSPS) is 19.1. The lowest BCUT2D eigenvalue weighted by molar-refractivity contribution is -0.149. The van der Waals surface area contributed by atoms with E-state index in [1.54, 1.807) is 0 Å². The molecule has 0 spiro atoms. The third-order valence-electron chi connectivity index (χ3n) is 3.08. The molecule has 1 aliphatic rings. The lowest BCUT2D eigenvalue weighted by Crippen LogP contribution is -2.49. The lowest BCUT2D eigenvalue weighted by Gasteiger charge is -2.31. The number of rotatable bonds is 5. The fraction of sp³-hybridized carbons (Fsp3) is 0.833. The molecule has 1 atom stereocenters. The van der Waals surface area contributed by atoms with E-state index in [2.05, 4.69) is 0 Å². The molecule has 1 aliphatic heterocycles. The predicted octanol–water partition coefficient (Wildman–Crippen LogP) is 1.41. The van der Waals surface area contributed by atoms with Gasteiger partial charge in [-0.25, -0.2) is 4.79 Å². The number of carboxylic acids is 1. The van der Waals surface area contributed by atoms with Crippen molar-refractivity contribution in [2.24, 2.45) is 5.92 Å². The summed E-state index contributed by atoms with van der Waals surface area (Å²) in [5, 5.41) is 8.63. The van der Waals surface area contributed by atoms with E-state index < -0.39 is 31.3 Å². The summed E-state index contributed by atoms with van der Waals surface area (Å²) in [5.41, 5.74) is 0. The first-order chi connectivity index (χ1) is 9.69. The number of ether oxygens (including phenoxy) is 1. The molecule has 2 amide bonds. The molecule has 1 saturated heterocycles. The van der Waals surface area contributed by atoms with Gasteiger partial charge in [-0.05, 0) is 12.8 Å². The Kier molecular flexibility index (Phi) is 6.25. The molecule has 0 aromatic heterocycles. The zero-order valence-corrected chi connectivity index (χ0v) is 11.7. The Labute approximate surface area is 120 Å². The summed E-state index contributed by atoms with van der Waals surface area (Å²) < 4.78 is 42.5. The number of alkyl halides is 3. The van der Waals surface area contributed by atoms with Crippen molar-refractivity contribution >= 4 is 12.0 Å². The second kappa shape index (κ2) is 7.48. The Hall–Kier alpha value is -1.51. The van der Waals surface area contributed by atoms with E-state index in [0.29, 0.717) is 13.2 Å². The van der Waals surface area contributed by atoms with E-state index in [9.17, 15) is 22.8 Å². The van der Waals surface area contributed by atoms with Crippen LogP contribution in [-0.2, 0) is 9.53 Å². The minimum absolute atomic E-state index is 0.0604. The number of carbonyl (C=O) groups is 2. The molecule has 0 aliphatic carbocycles. The quantitative estimate of drug-likeness (QED) is 0.833. The van der Waals surface area contributed by atoms with Crippen LogP contribution in [0.4, 0.5) is 18.0 Å². The second-order valence-corrected chi connectivity index (χ2v) is 5.11. The fourth-order valence-electron chi connectivity index (χ4n) is 2.23. The van der Waals surface area contributed by atoms with Crippen LogP contribution in [0.15, 0.2) is 0 Å². The Morgan fingerprint density at radius 3 is 2.52 bits per heavy atom. The standard InChI is InChI=1S/C12H19F3N2O4/c1-16(5-9-3-2-4-21-7-9)11(20)17(6-10(18)19)8-12(13,14)15/h9H,2-8H2,1H3,(H,18,19). The van der Waals surface area contributed by atoms with Gasteiger partial charge in [-0.3, -0.25) is 4.79 Å². The van der Waals surface area contributed by atoms with Gasteiger partial charge in [-0.2, -0.15) is 13.2 Å². The molecule has 122 valence electrons. The van der Waals surface area contributed by atoms with Crippen molar-refractivity contribution in [1.82, 2.24) is 9.80 Å². The van der Waals surface area contributed by atoms with Crippen LogP contribution in [0.5, 0.6) is 0 Å². The van der Waals surface area contributed by atoms with Gasteiger partial charge >= 0.3 is 18.2 Å². The van der Waals surface area contributed by atoms with Crippen molar-refractivity contribution in [3.05, 3.63) is 0 Å². The van der Waals surface area contributed by atoms with Gasteiger partial charge in [-0.15, -0.1) is 0 Å². The van der Waals surface area contributed by atoms with Gasteiger partial charge in [0.15, 0.2) is 0 Å². The van der Waals surface area contributed by atoms with Crippen LogP contribution in [0, 0.1) is 5.92 Å². The Bertz CT molecular complexity index is 370. The first kappa shape index (κ1) is 17.5. The van der Waals surface area contributed by atoms with Crippen LogP contribution in [0.1, 0.15) is 12.8 Å². The summed E-state index contributed by atoms with van der Waals surface area (Å²) in [6.07, 6.45) is -2.97. The number of nitrogens with zero attached hydrogens (tertiary/aromatic N) is 2. The fourth-order valence-corrected chi connectivity index (χ4v) is 2.23. The summed E-state index contributed by atoms with van der Waals surface area (Å²) in [7, 11) is 1.36. The van der Waals surface area contributed by atoms with Gasteiger partial charge < -0.3 is 19.6 Å². The van der Waals surface area contributed by atoms with Crippen LogP contribution in [0.25, 0.3) is 0 Å². The van der Waals surface area contributed by atoms with Gasteiger partial charge in [0.2, 0.25) is 0 Å². The Morgan fingerprint density at radius 1 is 1.38 bits per heavy atom. The van der Waals surface area contributed by atoms with E-state index in [1.807, 2.05) is 0 Å². The number of carbonyl (C=O) groups excluding carboxylic acids is 1. The molecule has 6 nitrogen and oxygen atoms in total. The number of urea groups is 1. The first-order valence-electron chi connectivity index (χ1n) is 6.55. The number of aliphatic carboxylic acids is 1. The second-order valence-electron chi connectivity index (χ2n) is 5.11. The molecule has 21 heavy (non-hydrogen) atoms. The van der Waals surface area contributed by atoms with Crippen molar-refractivity contribution in [2.75, 3.05) is 39.9 Å². The molecular weight excluding hydrogens is 293 g/mol. The van der Waals surface area contributed by atoms with Crippen LogP contribution in [-0.4, -0.2) is 73.0 Å². The third-order valence-corrected chi connectivity index (χ3v) is 3.08. The molecule has 0 aromatic carbocycles. The molecule has 0 aromatic rings. The van der Waals surface area contributed by atoms with Gasteiger partial charge in [0.05, 0.1) is 6.61 Å². The van der Waals surface area contributed by atoms with E-state index in [-0.39, 0.29) is 17.4 Å². The van der Waals surface area contributed by atoms with Gasteiger partial charge in [-0.1, -0.05) is 0 Å². The van der Waals surface area contributed by atoms with Crippen molar-refractivity contribution in [3.8, 4) is 0 Å². The monoisotopic (exact) mass is 312 g/mol. The van der Waals surface area contributed by atoms with E-state index in [0.717, 1.165) is 17.7 Å². The van der Waals surface area contributed by atoms with Crippen LogP contribution >= 0.6 is 0 Å². The zero-order chi connectivity index (χ0) is 16.0. The topological polar surface area (TPSA) is 70.1 Å². The highest BCUT2D eigenvalue weighted by Crippen LogP contribution is 2.19. The van der Waals surface area contributed by atoms with Gasteiger partial charge in [0.1, 0.15) is 13.1 Å². The summed E-state index contributed by atoms with van der Waals surface area (Å²) in [6.45, 7) is -1.22. The van der Waals surface area contributed by atoms with E-state index >= 15 is 0 Å². The molecule has 1 N–H and O–H groups in total. The average molecular weight is 312 g/mol. The summed E-state index contributed by atoms with van der Waals surface area (Å²) in [4.78, 5) is 24.0. The highest BCUT2D eigenvalue weighted by Gasteiger charge is 2.35. The summed E-state index contributed by atoms with van der Waals surface area (Å²) >= 11 is 0. The third kappa shape index (κ3) is 6.65. The molecule has 0 radical (unpaired) electrons. The van der Waals surface area contributed by atoms with Crippen molar-refractivity contribution < 1.29 is 32.6 Å². The molecular formula is C12H19F3N2O4. The Morgan fingerprint density at radius 2 is 2.05 bits per heavy atom. The smallest absolute Gasteiger partial charge is 0.406 e. The number of hydrogen-bond donors (Lipinski definition) is 1. The molecule has 0 saturated carbocycles. The number of halogens is 3. The predicted molar refractivity (Wildman–Crippen MR) is 66.8 cm³/mol. The SMILES string of the molecule is CN(CC1CCCOC1)C(=O)N(CC(=O)O)CC(F)(F)F. The Balaban J connectivity index is 2.62. The molecule has 0 bridgehead atoms.